The van der Waals surface area contributed by atoms with Crippen molar-refractivity contribution in [2.45, 2.75) is 46.0 Å². The Morgan fingerprint density at radius 3 is 2.47 bits per heavy atom. The zero-order chi connectivity index (χ0) is 13.9. The quantitative estimate of drug-likeness (QED) is 0.847. The molecule has 2 aliphatic rings. The molecule has 0 aromatic rings. The van der Waals surface area contributed by atoms with Crippen LogP contribution in [0.4, 0.5) is 0 Å². The first-order chi connectivity index (χ1) is 9.00. The largest absolute Gasteiger partial charge is 0.377 e. The van der Waals surface area contributed by atoms with Gasteiger partial charge in [-0.2, -0.15) is 5.26 Å². The molecular weight excluding hydrogens is 240 g/mol. The summed E-state index contributed by atoms with van der Waals surface area (Å²) in [5.74, 6) is 0.516. The first-order valence-electron chi connectivity index (χ1n) is 7.27. The van der Waals surface area contributed by atoms with Crippen LogP contribution in [0.25, 0.3) is 0 Å². The predicted molar refractivity (Wildman–Crippen MR) is 72.2 cm³/mol. The van der Waals surface area contributed by atoms with Crippen LogP contribution in [0.1, 0.15) is 46.0 Å². The summed E-state index contributed by atoms with van der Waals surface area (Å²) >= 11 is 0. The van der Waals surface area contributed by atoms with Crippen LogP contribution in [0.3, 0.4) is 0 Å². The first-order valence-corrected chi connectivity index (χ1v) is 7.27. The van der Waals surface area contributed by atoms with Crippen LogP contribution >= 0.6 is 0 Å². The Morgan fingerprint density at radius 1 is 1.37 bits per heavy atom. The van der Waals surface area contributed by atoms with Crippen molar-refractivity contribution in [3.63, 3.8) is 0 Å². The standard InChI is InChI=1S/C15H24N2O2/c1-14(2,12-6-4-3-5-7-12)9-17-13(18)15(8-16)10-19-11-15/h12H,3-7,9-11H2,1-2H3,(H,17,18). The zero-order valence-electron chi connectivity index (χ0n) is 12.0. The van der Waals surface area contributed by atoms with Crippen LogP contribution in [0.2, 0.25) is 0 Å². The normalized spacial score (nSPS) is 23.2. The van der Waals surface area contributed by atoms with Crippen molar-refractivity contribution in [3.8, 4) is 6.07 Å². The molecule has 0 atom stereocenters. The van der Waals surface area contributed by atoms with Gasteiger partial charge in [0.15, 0.2) is 5.41 Å². The van der Waals surface area contributed by atoms with Crippen LogP contribution in [-0.4, -0.2) is 25.7 Å². The van der Waals surface area contributed by atoms with Crippen molar-refractivity contribution < 1.29 is 9.53 Å². The van der Waals surface area contributed by atoms with Crippen molar-refractivity contribution in [2.75, 3.05) is 19.8 Å². The van der Waals surface area contributed by atoms with Crippen molar-refractivity contribution in [1.82, 2.24) is 5.32 Å². The van der Waals surface area contributed by atoms with E-state index >= 15 is 0 Å². The Bertz CT molecular complexity index is 374. The molecule has 1 N–H and O–H groups in total. The van der Waals surface area contributed by atoms with Gasteiger partial charge in [0.2, 0.25) is 5.91 Å². The molecule has 0 bridgehead atoms. The van der Waals surface area contributed by atoms with Crippen LogP contribution in [0, 0.1) is 28.1 Å². The maximum atomic E-state index is 12.1. The molecule has 0 unspecified atom stereocenters. The highest BCUT2D eigenvalue weighted by Gasteiger charge is 2.47. The van der Waals surface area contributed by atoms with Gasteiger partial charge in [0.25, 0.3) is 0 Å². The molecule has 1 heterocycles. The summed E-state index contributed by atoms with van der Waals surface area (Å²) < 4.78 is 5.02. The molecular formula is C15H24N2O2. The number of amides is 1. The van der Waals surface area contributed by atoms with Gasteiger partial charge >= 0.3 is 0 Å². The van der Waals surface area contributed by atoms with E-state index < -0.39 is 5.41 Å². The molecule has 1 amide bonds. The average Bonchev–Trinajstić information content (AvgIpc) is 2.37. The first kappa shape index (κ1) is 14.3. The highest BCUT2D eigenvalue weighted by Crippen LogP contribution is 2.38. The van der Waals surface area contributed by atoms with E-state index in [1.54, 1.807) is 0 Å². The van der Waals surface area contributed by atoms with Crippen LogP contribution < -0.4 is 5.32 Å². The maximum absolute atomic E-state index is 12.1. The predicted octanol–water partition coefficient (Wildman–Crippen LogP) is 2.25. The van der Waals surface area contributed by atoms with Crippen LogP contribution in [-0.2, 0) is 9.53 Å². The summed E-state index contributed by atoms with van der Waals surface area (Å²) in [6.07, 6.45) is 6.47. The number of carbonyl (C=O) groups is 1. The fraction of sp³-hybridized carbons (Fsp3) is 0.867. The minimum absolute atomic E-state index is 0.108. The lowest BCUT2D eigenvalue weighted by molar-refractivity contribution is -0.150. The monoisotopic (exact) mass is 264 g/mol. The van der Waals surface area contributed by atoms with E-state index in [2.05, 4.69) is 25.2 Å². The molecule has 1 saturated carbocycles. The molecule has 4 nitrogen and oxygen atoms in total. The van der Waals surface area contributed by atoms with Gasteiger partial charge in [-0.05, 0) is 24.2 Å². The van der Waals surface area contributed by atoms with Crippen LogP contribution in [0.15, 0.2) is 0 Å². The molecule has 1 aliphatic heterocycles. The number of nitrogens with zero attached hydrogens (tertiary/aromatic N) is 1. The smallest absolute Gasteiger partial charge is 0.245 e. The number of hydrogen-bond acceptors (Lipinski definition) is 3. The van der Waals surface area contributed by atoms with Gasteiger partial charge in [-0.3, -0.25) is 4.79 Å². The van der Waals surface area contributed by atoms with Gasteiger partial charge in [0.1, 0.15) is 0 Å². The second-order valence-electron chi connectivity index (χ2n) is 6.69. The second kappa shape index (κ2) is 5.50. The van der Waals surface area contributed by atoms with Crippen molar-refractivity contribution >= 4 is 5.91 Å². The summed E-state index contributed by atoms with van der Waals surface area (Å²) in [5.41, 5.74) is -0.819. The minimum Gasteiger partial charge on any atom is -0.377 e. The Hall–Kier alpha value is -1.08. The summed E-state index contributed by atoms with van der Waals surface area (Å²) in [6.45, 7) is 5.57. The van der Waals surface area contributed by atoms with Gasteiger partial charge in [-0.25, -0.2) is 0 Å². The van der Waals surface area contributed by atoms with Gasteiger partial charge in [-0.1, -0.05) is 33.1 Å². The number of ether oxygens (including phenoxy) is 1. The maximum Gasteiger partial charge on any atom is 0.245 e. The molecule has 0 aromatic heterocycles. The van der Waals surface area contributed by atoms with Gasteiger partial charge < -0.3 is 10.1 Å². The van der Waals surface area contributed by atoms with E-state index in [1.807, 2.05) is 0 Å². The lowest BCUT2D eigenvalue weighted by atomic mass is 9.71. The zero-order valence-corrected chi connectivity index (χ0v) is 12.0. The highest BCUT2D eigenvalue weighted by molar-refractivity contribution is 5.86. The summed E-state index contributed by atoms with van der Waals surface area (Å²) in [7, 11) is 0. The molecule has 0 radical (unpaired) electrons. The second-order valence-corrected chi connectivity index (χ2v) is 6.69. The molecule has 0 spiro atoms. The fourth-order valence-corrected chi connectivity index (χ4v) is 3.06. The number of nitriles is 1. The Morgan fingerprint density at radius 2 is 2.00 bits per heavy atom. The van der Waals surface area contributed by atoms with Gasteiger partial charge in [-0.15, -0.1) is 0 Å². The molecule has 1 saturated heterocycles. The minimum atomic E-state index is -0.928. The van der Waals surface area contributed by atoms with E-state index in [0.29, 0.717) is 12.5 Å². The topological polar surface area (TPSA) is 62.1 Å². The SMILES string of the molecule is CC(C)(CNC(=O)C1(C#N)COC1)C1CCCCC1. The third kappa shape index (κ3) is 2.92. The van der Waals surface area contributed by atoms with Crippen molar-refractivity contribution in [1.29, 1.82) is 5.26 Å². The molecule has 19 heavy (non-hydrogen) atoms. The van der Waals surface area contributed by atoms with E-state index in [1.165, 1.54) is 32.1 Å². The third-order valence-corrected chi connectivity index (χ3v) is 4.76. The molecule has 106 valence electrons. The Kier molecular flexibility index (Phi) is 4.15. The Balaban J connectivity index is 1.87. The lowest BCUT2D eigenvalue weighted by Crippen LogP contribution is -2.54. The summed E-state index contributed by atoms with van der Waals surface area (Å²) in [4.78, 5) is 12.1. The highest BCUT2D eigenvalue weighted by atomic mass is 16.5. The molecule has 2 fully saturated rings. The van der Waals surface area contributed by atoms with Gasteiger partial charge in [0, 0.05) is 6.54 Å². The van der Waals surface area contributed by atoms with E-state index in [0.717, 1.165) is 0 Å². The number of rotatable bonds is 4. The fourth-order valence-electron chi connectivity index (χ4n) is 3.06. The Labute approximate surface area is 115 Å². The number of carbonyl (C=O) groups excluding carboxylic acids is 1. The summed E-state index contributed by atoms with van der Waals surface area (Å²) in [5, 5.41) is 12.1. The average molecular weight is 264 g/mol. The summed E-state index contributed by atoms with van der Waals surface area (Å²) in [6, 6.07) is 2.09. The number of hydrogen-bond donors (Lipinski definition) is 1. The van der Waals surface area contributed by atoms with E-state index in [-0.39, 0.29) is 24.5 Å². The van der Waals surface area contributed by atoms with Gasteiger partial charge in [0.05, 0.1) is 19.3 Å². The van der Waals surface area contributed by atoms with Crippen molar-refractivity contribution in [2.24, 2.45) is 16.7 Å². The lowest BCUT2D eigenvalue weighted by Gasteiger charge is -2.39. The molecule has 0 aromatic carbocycles. The molecule has 1 aliphatic carbocycles. The molecule has 2 rings (SSSR count). The van der Waals surface area contributed by atoms with E-state index in [4.69, 9.17) is 10.00 Å². The molecule has 4 heteroatoms. The van der Waals surface area contributed by atoms with E-state index in [9.17, 15) is 4.79 Å². The number of nitrogens with one attached hydrogen (secondary N) is 1. The van der Waals surface area contributed by atoms with Crippen molar-refractivity contribution in [3.05, 3.63) is 0 Å². The third-order valence-electron chi connectivity index (χ3n) is 4.76. The van der Waals surface area contributed by atoms with Crippen LogP contribution in [0.5, 0.6) is 0 Å².